The predicted octanol–water partition coefficient (Wildman–Crippen LogP) is 5.26. The number of carboxylic acids is 1. The van der Waals surface area contributed by atoms with Crippen molar-refractivity contribution in [2.45, 2.75) is 6.42 Å². The fourth-order valence-electron chi connectivity index (χ4n) is 3.32. The highest BCUT2D eigenvalue weighted by atomic mass is 35.5. The van der Waals surface area contributed by atoms with E-state index in [0.717, 1.165) is 10.3 Å². The van der Waals surface area contributed by atoms with Gasteiger partial charge >= 0.3 is 5.97 Å². The van der Waals surface area contributed by atoms with Gasteiger partial charge in [-0.05, 0) is 41.0 Å². The molecule has 0 spiro atoms. The van der Waals surface area contributed by atoms with Crippen molar-refractivity contribution in [3.8, 4) is 11.1 Å². The summed E-state index contributed by atoms with van der Waals surface area (Å²) in [5, 5.41) is 9.44. The summed E-state index contributed by atoms with van der Waals surface area (Å²) >= 11 is 7.58. The number of rotatable bonds is 6. The Balaban J connectivity index is 1.70. The summed E-state index contributed by atoms with van der Waals surface area (Å²) in [5.74, 6) is -0.723. The van der Waals surface area contributed by atoms with Crippen LogP contribution in [0.25, 0.3) is 21.3 Å². The zero-order valence-corrected chi connectivity index (χ0v) is 17.5. The molecule has 0 saturated carbocycles. The quantitative estimate of drug-likeness (QED) is 0.442. The van der Waals surface area contributed by atoms with Crippen molar-refractivity contribution >= 4 is 44.9 Å². The van der Waals surface area contributed by atoms with E-state index >= 15 is 4.39 Å². The maximum Gasteiger partial charge on any atom is 0.323 e. The summed E-state index contributed by atoms with van der Waals surface area (Å²) in [6, 6.07) is 12.5. The van der Waals surface area contributed by atoms with Gasteiger partial charge in [0.25, 0.3) is 0 Å². The molecule has 30 heavy (non-hydrogen) atoms. The minimum absolute atomic E-state index is 0.147. The van der Waals surface area contributed by atoms with Gasteiger partial charge in [0, 0.05) is 30.3 Å². The molecule has 0 amide bonds. The predicted molar refractivity (Wildman–Crippen MR) is 118 cm³/mol. The normalized spacial score (nSPS) is 11.0. The Labute approximate surface area is 181 Å². The van der Waals surface area contributed by atoms with E-state index in [2.05, 4.69) is 9.97 Å². The lowest BCUT2D eigenvalue weighted by Gasteiger charge is -2.16. The lowest BCUT2D eigenvalue weighted by molar-refractivity contribution is -0.135. The zero-order valence-electron chi connectivity index (χ0n) is 16.0. The SMILES string of the molecule is CN(CC(=O)O)c1ccc(Cc2cc3scnc3c(-c3cccc(Cl)c3)c2F)cn1. The van der Waals surface area contributed by atoms with Gasteiger partial charge in [0.05, 0.1) is 15.7 Å². The summed E-state index contributed by atoms with van der Waals surface area (Å²) in [7, 11) is 1.66. The third-order valence-corrected chi connectivity index (χ3v) is 5.73. The number of anilines is 1. The molecule has 5 nitrogen and oxygen atoms in total. The molecule has 0 aliphatic rings. The van der Waals surface area contributed by atoms with Gasteiger partial charge in [0.15, 0.2) is 0 Å². The van der Waals surface area contributed by atoms with E-state index in [0.29, 0.717) is 39.5 Å². The van der Waals surface area contributed by atoms with Crippen molar-refractivity contribution in [2.24, 2.45) is 0 Å². The minimum atomic E-state index is -0.933. The Bertz CT molecular complexity index is 1230. The molecule has 0 radical (unpaired) electrons. The van der Waals surface area contributed by atoms with Crippen molar-refractivity contribution in [3.63, 3.8) is 0 Å². The van der Waals surface area contributed by atoms with Crippen LogP contribution >= 0.6 is 22.9 Å². The Morgan fingerprint density at radius 1 is 1.23 bits per heavy atom. The second-order valence-electron chi connectivity index (χ2n) is 6.89. The number of carboxylic acid groups (broad SMARTS) is 1. The van der Waals surface area contributed by atoms with Crippen LogP contribution in [0.15, 0.2) is 54.2 Å². The van der Waals surface area contributed by atoms with Crippen molar-refractivity contribution in [2.75, 3.05) is 18.5 Å². The fourth-order valence-corrected chi connectivity index (χ4v) is 4.26. The Kier molecular flexibility index (Phi) is 5.65. The lowest BCUT2D eigenvalue weighted by atomic mass is 9.97. The van der Waals surface area contributed by atoms with Crippen LogP contribution in [-0.2, 0) is 11.2 Å². The molecular formula is C22H17ClFN3O2S. The number of likely N-dealkylation sites (N-methyl/N-ethyl adjacent to an activating group) is 1. The van der Waals surface area contributed by atoms with Gasteiger partial charge in [0.1, 0.15) is 18.2 Å². The maximum atomic E-state index is 15.6. The first-order valence-electron chi connectivity index (χ1n) is 9.10. The van der Waals surface area contributed by atoms with Crippen LogP contribution in [-0.4, -0.2) is 34.6 Å². The van der Waals surface area contributed by atoms with Crippen LogP contribution < -0.4 is 4.90 Å². The molecule has 0 aliphatic heterocycles. The maximum absolute atomic E-state index is 15.6. The zero-order chi connectivity index (χ0) is 21.3. The van der Waals surface area contributed by atoms with Gasteiger partial charge in [0.2, 0.25) is 0 Å². The van der Waals surface area contributed by atoms with Crippen molar-refractivity contribution in [3.05, 3.63) is 76.1 Å². The van der Waals surface area contributed by atoms with Crippen LogP contribution in [0.4, 0.5) is 10.2 Å². The van der Waals surface area contributed by atoms with Crippen LogP contribution in [0.5, 0.6) is 0 Å². The molecule has 0 saturated heterocycles. The van der Waals surface area contributed by atoms with Crippen LogP contribution in [0.2, 0.25) is 5.02 Å². The van der Waals surface area contributed by atoms with Crippen LogP contribution in [0.3, 0.4) is 0 Å². The van der Waals surface area contributed by atoms with Gasteiger partial charge in [-0.1, -0.05) is 29.8 Å². The van der Waals surface area contributed by atoms with Crippen molar-refractivity contribution in [1.29, 1.82) is 0 Å². The van der Waals surface area contributed by atoms with Gasteiger partial charge in [-0.2, -0.15) is 0 Å². The van der Waals surface area contributed by atoms with Gasteiger partial charge in [-0.3, -0.25) is 4.79 Å². The number of thiazole rings is 1. The molecular weight excluding hydrogens is 425 g/mol. The van der Waals surface area contributed by atoms with Crippen molar-refractivity contribution in [1.82, 2.24) is 9.97 Å². The third-order valence-electron chi connectivity index (χ3n) is 4.72. The first-order valence-corrected chi connectivity index (χ1v) is 10.4. The number of fused-ring (bicyclic) bond motifs is 1. The Morgan fingerprint density at radius 3 is 2.77 bits per heavy atom. The van der Waals surface area contributed by atoms with Gasteiger partial charge in [-0.25, -0.2) is 14.4 Å². The monoisotopic (exact) mass is 441 g/mol. The number of pyridine rings is 1. The number of halogens is 2. The van der Waals surface area contributed by atoms with E-state index in [-0.39, 0.29) is 12.4 Å². The van der Waals surface area contributed by atoms with Gasteiger partial charge < -0.3 is 10.0 Å². The molecule has 0 aliphatic carbocycles. The number of aromatic nitrogens is 2. The number of hydrogen-bond acceptors (Lipinski definition) is 5. The molecule has 1 N–H and O–H groups in total. The standard InChI is InChI=1S/C22H17ClFN3O2S/c1-27(11-19(28)29)18-6-5-13(10-25-18)7-15-9-17-22(26-12-30-17)20(21(15)24)14-3-2-4-16(23)8-14/h2-6,8-10,12H,7,11H2,1H3,(H,28,29). The summed E-state index contributed by atoms with van der Waals surface area (Å²) in [6.45, 7) is -0.147. The molecule has 0 bridgehead atoms. The van der Waals surface area contributed by atoms with E-state index in [4.69, 9.17) is 16.7 Å². The van der Waals surface area contributed by atoms with Gasteiger partial charge in [-0.15, -0.1) is 11.3 Å². The summed E-state index contributed by atoms with van der Waals surface area (Å²) in [6.07, 6.45) is 1.99. The highest BCUT2D eigenvalue weighted by Gasteiger charge is 2.18. The average molecular weight is 442 g/mol. The molecule has 2 aromatic carbocycles. The second kappa shape index (κ2) is 8.38. The lowest BCUT2D eigenvalue weighted by Crippen LogP contribution is -2.25. The van der Waals surface area contributed by atoms with E-state index in [1.165, 1.54) is 16.2 Å². The summed E-state index contributed by atoms with van der Waals surface area (Å²) < 4.78 is 16.5. The number of benzene rings is 2. The van der Waals surface area contributed by atoms with E-state index in [1.54, 1.807) is 43.0 Å². The smallest absolute Gasteiger partial charge is 0.323 e. The van der Waals surface area contributed by atoms with E-state index < -0.39 is 5.97 Å². The molecule has 2 aromatic heterocycles. The Hall–Kier alpha value is -3.03. The summed E-state index contributed by atoms with van der Waals surface area (Å²) in [4.78, 5) is 21.1. The second-order valence-corrected chi connectivity index (χ2v) is 8.21. The first kappa shape index (κ1) is 20.3. The molecule has 4 rings (SSSR count). The first-order chi connectivity index (χ1) is 14.4. The molecule has 4 aromatic rings. The molecule has 152 valence electrons. The molecule has 0 unspecified atom stereocenters. The van der Waals surface area contributed by atoms with Crippen LogP contribution in [0, 0.1) is 5.82 Å². The number of aliphatic carboxylic acids is 1. The topological polar surface area (TPSA) is 66.3 Å². The largest absolute Gasteiger partial charge is 0.480 e. The third kappa shape index (κ3) is 4.13. The van der Waals surface area contributed by atoms with E-state index in [9.17, 15) is 4.79 Å². The molecule has 0 fully saturated rings. The minimum Gasteiger partial charge on any atom is -0.480 e. The molecule has 0 atom stereocenters. The number of hydrogen-bond donors (Lipinski definition) is 1. The molecule has 8 heteroatoms. The number of nitrogens with zero attached hydrogens (tertiary/aromatic N) is 3. The van der Waals surface area contributed by atoms with E-state index in [1.807, 2.05) is 18.2 Å². The highest BCUT2D eigenvalue weighted by molar-refractivity contribution is 7.16. The van der Waals surface area contributed by atoms with Crippen LogP contribution in [0.1, 0.15) is 11.1 Å². The average Bonchev–Trinajstić information content (AvgIpc) is 3.16. The number of carbonyl (C=O) groups is 1. The Morgan fingerprint density at radius 2 is 2.07 bits per heavy atom. The van der Waals surface area contributed by atoms with Crippen molar-refractivity contribution < 1.29 is 14.3 Å². The fraction of sp³-hybridized carbons (Fsp3) is 0.136. The molecule has 2 heterocycles. The summed E-state index contributed by atoms with van der Waals surface area (Å²) in [5.41, 5.74) is 4.81. The highest BCUT2D eigenvalue weighted by Crippen LogP contribution is 2.36.